The summed E-state index contributed by atoms with van der Waals surface area (Å²) >= 11 is 0. The molecular weight excluding hydrogens is 579 g/mol. The number of benzene rings is 1. The fourth-order valence-electron chi connectivity index (χ4n) is 4.82. The second-order valence-corrected chi connectivity index (χ2v) is 9.59. The van der Waals surface area contributed by atoms with Gasteiger partial charge >= 0.3 is 6.18 Å². The molecule has 1 unspecified atom stereocenters. The predicted octanol–water partition coefficient (Wildman–Crippen LogP) is 4.37. The number of piperidine rings is 1. The summed E-state index contributed by atoms with van der Waals surface area (Å²) in [6.45, 7) is 2.38. The Labute approximate surface area is 242 Å². The summed E-state index contributed by atoms with van der Waals surface area (Å²) in [6.07, 6.45) is -0.258. The van der Waals surface area contributed by atoms with E-state index in [0.717, 1.165) is 37.7 Å². The zero-order valence-electron chi connectivity index (χ0n) is 22.9. The highest BCUT2D eigenvalue weighted by atomic mass is 19.4. The van der Waals surface area contributed by atoms with Gasteiger partial charge in [-0.15, -0.1) is 0 Å². The number of halogens is 5. The predicted molar refractivity (Wildman–Crippen MR) is 146 cm³/mol. The van der Waals surface area contributed by atoms with Crippen molar-refractivity contribution in [3.05, 3.63) is 59.8 Å². The molecule has 230 valence electrons. The summed E-state index contributed by atoms with van der Waals surface area (Å²) < 4.78 is 68.7. The van der Waals surface area contributed by atoms with Crippen molar-refractivity contribution in [3.8, 4) is 11.3 Å². The summed E-state index contributed by atoms with van der Waals surface area (Å²) in [6, 6.07) is 5.33. The molecule has 0 saturated carbocycles. The van der Waals surface area contributed by atoms with Crippen molar-refractivity contribution < 1.29 is 36.6 Å². The third-order valence-corrected chi connectivity index (χ3v) is 6.68. The van der Waals surface area contributed by atoms with Crippen molar-refractivity contribution in [1.82, 2.24) is 34.8 Å². The van der Waals surface area contributed by atoms with E-state index < -0.39 is 24.8 Å². The van der Waals surface area contributed by atoms with Gasteiger partial charge in [-0.05, 0) is 49.6 Å². The molecule has 1 aliphatic heterocycles. The van der Waals surface area contributed by atoms with Crippen LogP contribution >= 0.6 is 0 Å². The van der Waals surface area contributed by atoms with Crippen LogP contribution in [-0.2, 0) is 23.9 Å². The van der Waals surface area contributed by atoms with Gasteiger partial charge in [0.25, 0.3) is 18.8 Å². The number of hydrogen-bond donors (Lipinski definition) is 4. The Kier molecular flexibility index (Phi) is 9.90. The molecule has 1 fully saturated rings. The molecule has 11 nitrogen and oxygen atoms in total. The summed E-state index contributed by atoms with van der Waals surface area (Å²) in [5.74, 6) is 0.109. The van der Waals surface area contributed by atoms with Crippen LogP contribution in [0.2, 0.25) is 0 Å². The average molecular weight is 609 g/mol. The smallest absolute Gasteiger partial charge is 0.435 e. The van der Waals surface area contributed by atoms with Crippen molar-refractivity contribution in [1.29, 1.82) is 0 Å². The first kappa shape index (κ1) is 31.3. The standard InChI is InChI=1S/C26H27F5N8O.CH2O2/c1-2-15-10-16(5-6-18(15)25(40)36-17-4-3-7-32-11-17)35-23-24-34-12-20(39(24)9-8-33-23)19-13-38(14-21(27)28)37-22(19)26(29,30)31;2-1-3/h5-6,8-10,12-13,17,21,32H,2-4,7,11,14H2,1H3,(H,33,35)(H,36,40);1H,(H,2,3). The Balaban J connectivity index is 0.00000135. The summed E-state index contributed by atoms with van der Waals surface area (Å²) in [7, 11) is 0. The van der Waals surface area contributed by atoms with Gasteiger partial charge in [0.05, 0.1) is 17.5 Å². The molecular formula is C27H29F5N8O3. The first-order valence-electron chi connectivity index (χ1n) is 13.3. The molecule has 1 aromatic carbocycles. The third-order valence-electron chi connectivity index (χ3n) is 6.68. The number of alkyl halides is 5. The molecule has 3 aromatic heterocycles. The van der Waals surface area contributed by atoms with Gasteiger partial charge in [0, 0.05) is 42.4 Å². The number of nitrogens with zero attached hydrogens (tertiary/aromatic N) is 5. The molecule has 1 aliphatic rings. The number of nitrogens with one attached hydrogen (secondary N) is 3. The number of rotatable bonds is 8. The van der Waals surface area contributed by atoms with Gasteiger partial charge in [-0.2, -0.15) is 18.3 Å². The van der Waals surface area contributed by atoms with E-state index in [1.54, 1.807) is 12.1 Å². The average Bonchev–Trinajstić information content (AvgIpc) is 3.58. The Morgan fingerprint density at radius 2 is 2.05 bits per heavy atom. The van der Waals surface area contributed by atoms with E-state index in [1.165, 1.54) is 23.0 Å². The van der Waals surface area contributed by atoms with E-state index in [4.69, 9.17) is 9.90 Å². The van der Waals surface area contributed by atoms with Gasteiger partial charge in [0.15, 0.2) is 17.2 Å². The minimum absolute atomic E-state index is 0.0201. The summed E-state index contributed by atoms with van der Waals surface area (Å²) in [5, 5.41) is 19.7. The van der Waals surface area contributed by atoms with E-state index in [2.05, 4.69) is 31.0 Å². The molecule has 1 saturated heterocycles. The highest BCUT2D eigenvalue weighted by Gasteiger charge is 2.38. The number of imidazole rings is 1. The van der Waals surface area contributed by atoms with Gasteiger partial charge in [-0.3, -0.25) is 18.7 Å². The first-order chi connectivity index (χ1) is 20.5. The Hall–Kier alpha value is -4.60. The van der Waals surface area contributed by atoms with Crippen molar-refractivity contribution in [2.75, 3.05) is 18.4 Å². The summed E-state index contributed by atoms with van der Waals surface area (Å²) in [5.41, 5.74) is 0.556. The number of carbonyl (C=O) groups is 2. The molecule has 4 heterocycles. The zero-order valence-corrected chi connectivity index (χ0v) is 22.9. The molecule has 5 rings (SSSR count). The molecule has 16 heteroatoms. The Morgan fingerprint density at radius 1 is 1.28 bits per heavy atom. The highest BCUT2D eigenvalue weighted by molar-refractivity contribution is 5.96. The maximum absolute atomic E-state index is 13.7. The fraction of sp³-hybridized carbons (Fsp3) is 0.370. The lowest BCUT2D eigenvalue weighted by Gasteiger charge is -2.24. The van der Waals surface area contributed by atoms with Gasteiger partial charge < -0.3 is 21.1 Å². The van der Waals surface area contributed by atoms with Crippen LogP contribution in [0.5, 0.6) is 0 Å². The van der Waals surface area contributed by atoms with Gasteiger partial charge in [-0.1, -0.05) is 6.92 Å². The number of carboxylic acid groups (broad SMARTS) is 1. The lowest BCUT2D eigenvalue weighted by atomic mass is 10.0. The van der Waals surface area contributed by atoms with E-state index >= 15 is 0 Å². The second kappa shape index (κ2) is 13.6. The Morgan fingerprint density at radius 3 is 2.70 bits per heavy atom. The monoisotopic (exact) mass is 608 g/mol. The maximum Gasteiger partial charge on any atom is 0.435 e. The quantitative estimate of drug-likeness (QED) is 0.171. The molecule has 1 atom stereocenters. The van der Waals surface area contributed by atoms with E-state index in [1.807, 2.05) is 13.0 Å². The zero-order chi connectivity index (χ0) is 31.1. The maximum atomic E-state index is 13.7. The van der Waals surface area contributed by atoms with Crippen LogP contribution in [0.4, 0.5) is 33.5 Å². The number of anilines is 2. The van der Waals surface area contributed by atoms with Gasteiger partial charge in [0.2, 0.25) is 0 Å². The van der Waals surface area contributed by atoms with Crippen LogP contribution in [0.3, 0.4) is 0 Å². The Bertz CT molecular complexity index is 1560. The minimum atomic E-state index is -4.86. The van der Waals surface area contributed by atoms with Crippen molar-refractivity contribution >= 4 is 29.5 Å². The SMILES string of the molecule is CCc1cc(Nc2nccn3c(-c4cn(CC(F)F)nc4C(F)(F)F)cnc23)ccc1C(=O)NC1CCCNC1.O=CO. The van der Waals surface area contributed by atoms with Crippen LogP contribution in [0.25, 0.3) is 16.9 Å². The number of aromatic nitrogens is 5. The van der Waals surface area contributed by atoms with Crippen LogP contribution in [-0.4, -0.2) is 67.2 Å². The van der Waals surface area contributed by atoms with Crippen molar-refractivity contribution in [2.45, 2.75) is 51.4 Å². The van der Waals surface area contributed by atoms with Gasteiger partial charge in [-0.25, -0.2) is 18.7 Å². The fourth-order valence-corrected chi connectivity index (χ4v) is 4.82. The van der Waals surface area contributed by atoms with Crippen LogP contribution < -0.4 is 16.0 Å². The van der Waals surface area contributed by atoms with E-state index in [0.29, 0.717) is 22.4 Å². The normalized spacial score (nSPS) is 15.2. The molecule has 0 radical (unpaired) electrons. The van der Waals surface area contributed by atoms with Crippen LogP contribution in [0.15, 0.2) is 43.0 Å². The van der Waals surface area contributed by atoms with Crippen LogP contribution in [0.1, 0.15) is 41.4 Å². The third kappa shape index (κ3) is 7.43. The van der Waals surface area contributed by atoms with Crippen molar-refractivity contribution in [3.63, 3.8) is 0 Å². The molecule has 1 amide bonds. The lowest BCUT2D eigenvalue weighted by Crippen LogP contribution is -2.45. The lowest BCUT2D eigenvalue weighted by molar-refractivity contribution is -0.141. The topological polar surface area (TPSA) is 138 Å². The molecule has 0 aliphatic carbocycles. The number of carbonyl (C=O) groups excluding carboxylic acids is 1. The number of fused-ring (bicyclic) bond motifs is 1. The van der Waals surface area contributed by atoms with E-state index in [9.17, 15) is 26.7 Å². The van der Waals surface area contributed by atoms with Gasteiger partial charge in [0.1, 0.15) is 6.54 Å². The minimum Gasteiger partial charge on any atom is -0.483 e. The number of amides is 1. The second-order valence-electron chi connectivity index (χ2n) is 9.59. The number of aryl methyl sites for hydroxylation is 1. The number of hydrogen-bond acceptors (Lipinski definition) is 7. The van der Waals surface area contributed by atoms with E-state index in [-0.39, 0.29) is 41.1 Å². The highest BCUT2D eigenvalue weighted by Crippen LogP contribution is 2.37. The first-order valence-corrected chi connectivity index (χ1v) is 13.3. The largest absolute Gasteiger partial charge is 0.483 e. The molecule has 0 bridgehead atoms. The molecule has 0 spiro atoms. The summed E-state index contributed by atoms with van der Waals surface area (Å²) in [4.78, 5) is 29.8. The van der Waals surface area contributed by atoms with Crippen LogP contribution in [0, 0.1) is 0 Å². The molecule has 4 N–H and O–H groups in total. The van der Waals surface area contributed by atoms with Crippen molar-refractivity contribution in [2.24, 2.45) is 0 Å². The molecule has 43 heavy (non-hydrogen) atoms. The molecule has 4 aromatic rings.